The fourth-order valence-electron chi connectivity index (χ4n) is 2.45. The molecule has 0 fully saturated rings. The molecule has 8 heteroatoms. The van der Waals surface area contributed by atoms with Gasteiger partial charge in [0.15, 0.2) is 5.75 Å². The van der Waals surface area contributed by atoms with Crippen LogP contribution < -0.4 is 10.1 Å². The molecule has 150 valence electrons. The van der Waals surface area contributed by atoms with E-state index in [1.165, 1.54) is 12.7 Å². The molecule has 0 aliphatic carbocycles. The van der Waals surface area contributed by atoms with Crippen molar-refractivity contribution in [1.29, 1.82) is 0 Å². The Bertz CT molecular complexity index is 997. The first-order valence-electron chi connectivity index (χ1n) is 8.65. The van der Waals surface area contributed by atoms with E-state index < -0.39 is 7.37 Å². The van der Waals surface area contributed by atoms with Crippen LogP contribution in [0.1, 0.15) is 13.8 Å². The number of nitrogens with one attached hydrogen (secondary N) is 1. The predicted molar refractivity (Wildman–Crippen MR) is 118 cm³/mol. The lowest BCUT2D eigenvalue weighted by molar-refractivity contribution is 0.473. The monoisotopic (exact) mass is 441 g/mol. The molecule has 3 aromatic carbocycles. The normalized spacial score (nSPS) is 12.6. The number of anilines is 1. The Labute approximate surface area is 174 Å². The number of fused-ring (bicyclic) bond motifs is 1. The summed E-state index contributed by atoms with van der Waals surface area (Å²) in [4.78, 5) is 9.37. The Morgan fingerprint density at radius 3 is 2.18 bits per heavy atom. The van der Waals surface area contributed by atoms with Crippen LogP contribution in [0.2, 0.25) is 10.0 Å². The van der Waals surface area contributed by atoms with Gasteiger partial charge in [0.05, 0.1) is 16.3 Å². The van der Waals surface area contributed by atoms with Gasteiger partial charge in [-0.2, -0.15) is 0 Å². The van der Waals surface area contributed by atoms with Crippen molar-refractivity contribution in [2.75, 3.05) is 18.3 Å². The maximum Gasteiger partial charge on any atom is 0.216 e. The van der Waals surface area contributed by atoms with Crippen molar-refractivity contribution in [2.45, 2.75) is 13.8 Å². The zero-order valence-electron chi connectivity index (χ0n) is 15.7. The second-order valence-corrected chi connectivity index (χ2v) is 9.12. The lowest BCUT2D eigenvalue weighted by atomic mass is 10.1. The summed E-state index contributed by atoms with van der Waals surface area (Å²) in [5, 5.41) is 14.7. The van der Waals surface area contributed by atoms with Gasteiger partial charge in [0.1, 0.15) is 11.5 Å². The Balaban J connectivity index is 0.00000136. The van der Waals surface area contributed by atoms with Gasteiger partial charge >= 0.3 is 0 Å². The van der Waals surface area contributed by atoms with Crippen LogP contribution >= 0.6 is 30.6 Å². The summed E-state index contributed by atoms with van der Waals surface area (Å²) in [6, 6.07) is 13.6. The Kier molecular flexibility index (Phi) is 7.62. The first-order chi connectivity index (χ1) is 13.2. The Hall–Kier alpha value is -1.91. The van der Waals surface area contributed by atoms with Gasteiger partial charge in [-0.15, -0.1) is 0 Å². The average molecular weight is 442 g/mol. The molecule has 0 bridgehead atoms. The third-order valence-electron chi connectivity index (χ3n) is 3.65. The number of aromatic hydroxyl groups is 1. The predicted octanol–water partition coefficient (Wildman–Crippen LogP) is 6.94. The zero-order chi connectivity index (χ0) is 20.9. The summed E-state index contributed by atoms with van der Waals surface area (Å²) in [6.07, 6.45) is -0.0948. The first kappa shape index (κ1) is 22.4. The number of rotatable bonds is 5. The molecule has 5 nitrogen and oxygen atoms in total. The molecule has 3 N–H and O–H groups in total. The molecule has 0 amide bonds. The summed E-state index contributed by atoms with van der Waals surface area (Å²) >= 11 is 12.6. The van der Waals surface area contributed by atoms with E-state index in [2.05, 4.69) is 5.32 Å². The molecular formula is C20H22Cl2NO4P. The van der Waals surface area contributed by atoms with Gasteiger partial charge in [-0.1, -0.05) is 61.3 Å². The minimum absolute atomic E-state index is 0.0948. The van der Waals surface area contributed by atoms with Gasteiger partial charge in [-0.25, -0.2) is 0 Å². The highest BCUT2D eigenvalue weighted by Gasteiger charge is 2.15. The second-order valence-electron chi connectivity index (χ2n) is 5.89. The number of hydrogen-bond acceptors (Lipinski definition) is 4. The number of halogens is 2. The van der Waals surface area contributed by atoms with Crippen LogP contribution in [0.15, 0.2) is 48.5 Å². The van der Waals surface area contributed by atoms with Gasteiger partial charge in [0.25, 0.3) is 0 Å². The van der Waals surface area contributed by atoms with Gasteiger partial charge in [0, 0.05) is 23.1 Å². The summed E-state index contributed by atoms with van der Waals surface area (Å²) in [5.74, 6) is 0.910. The van der Waals surface area contributed by atoms with Crippen LogP contribution in [0.25, 0.3) is 10.8 Å². The van der Waals surface area contributed by atoms with Crippen LogP contribution in [0.5, 0.6) is 17.2 Å². The van der Waals surface area contributed by atoms with Crippen molar-refractivity contribution < 1.29 is 19.3 Å². The molecule has 0 aliphatic rings. The molecule has 0 spiro atoms. The molecule has 0 saturated carbocycles. The topological polar surface area (TPSA) is 78.8 Å². The van der Waals surface area contributed by atoms with E-state index in [9.17, 15) is 14.6 Å². The lowest BCUT2D eigenvalue weighted by Crippen LogP contribution is -2.02. The molecule has 0 radical (unpaired) electrons. The van der Waals surface area contributed by atoms with Gasteiger partial charge < -0.3 is 20.1 Å². The summed E-state index contributed by atoms with van der Waals surface area (Å²) in [7, 11) is -3.21. The van der Waals surface area contributed by atoms with E-state index in [-0.39, 0.29) is 27.8 Å². The highest BCUT2D eigenvalue weighted by molar-refractivity contribution is 7.57. The van der Waals surface area contributed by atoms with E-state index in [1.807, 2.05) is 32.0 Å². The van der Waals surface area contributed by atoms with Gasteiger partial charge in [0.2, 0.25) is 7.37 Å². The van der Waals surface area contributed by atoms with E-state index in [1.54, 1.807) is 24.3 Å². The number of ether oxygens (including phenoxy) is 1. The fourth-order valence-corrected chi connectivity index (χ4v) is 3.49. The number of hydrogen-bond donors (Lipinski definition) is 3. The summed E-state index contributed by atoms with van der Waals surface area (Å²) in [5.41, 5.74) is 0.513. The Morgan fingerprint density at radius 2 is 1.61 bits per heavy atom. The molecule has 0 aromatic heterocycles. The standard InChI is InChI=1S/C18H16Cl2NO4P.C2H6/c1-26(23,24)10-21-11-8-14(19)18(15(20)9-11)25-17-7-6-16(22)12-4-2-3-5-13(12)17;1-2/h2-9,21-22H,10H2,1H3,(H,23,24);1-2H3. The van der Waals surface area contributed by atoms with E-state index in [0.717, 1.165) is 0 Å². The molecular weight excluding hydrogens is 420 g/mol. The maximum absolute atomic E-state index is 11.4. The summed E-state index contributed by atoms with van der Waals surface area (Å²) < 4.78 is 17.3. The van der Waals surface area contributed by atoms with Crippen molar-refractivity contribution in [2.24, 2.45) is 0 Å². The van der Waals surface area contributed by atoms with Crippen molar-refractivity contribution in [3.8, 4) is 17.2 Å². The van der Waals surface area contributed by atoms with Crippen molar-refractivity contribution in [1.82, 2.24) is 0 Å². The Morgan fingerprint density at radius 1 is 1.04 bits per heavy atom. The highest BCUT2D eigenvalue weighted by atomic mass is 35.5. The molecule has 3 aromatic rings. The minimum atomic E-state index is -3.21. The maximum atomic E-state index is 11.4. The van der Waals surface area contributed by atoms with Crippen molar-refractivity contribution in [3.05, 3.63) is 58.6 Å². The van der Waals surface area contributed by atoms with E-state index in [0.29, 0.717) is 22.2 Å². The van der Waals surface area contributed by atoms with Crippen molar-refractivity contribution >= 4 is 47.0 Å². The lowest BCUT2D eigenvalue weighted by Gasteiger charge is -2.15. The quantitative estimate of drug-likeness (QED) is 0.373. The number of phenolic OH excluding ortho intramolecular Hbond substituents is 1. The molecule has 0 heterocycles. The van der Waals surface area contributed by atoms with Gasteiger partial charge in [-0.3, -0.25) is 4.57 Å². The average Bonchev–Trinajstić information content (AvgIpc) is 2.66. The molecule has 1 unspecified atom stereocenters. The summed E-state index contributed by atoms with van der Waals surface area (Å²) in [6.45, 7) is 5.26. The second kappa shape index (κ2) is 9.53. The first-order valence-corrected chi connectivity index (χ1v) is 11.7. The number of benzene rings is 3. The van der Waals surface area contributed by atoms with E-state index in [4.69, 9.17) is 27.9 Å². The molecule has 28 heavy (non-hydrogen) atoms. The van der Waals surface area contributed by atoms with Crippen LogP contribution in [0.3, 0.4) is 0 Å². The molecule has 0 saturated heterocycles. The van der Waals surface area contributed by atoms with Crippen LogP contribution in [-0.2, 0) is 4.57 Å². The third kappa shape index (κ3) is 5.55. The largest absolute Gasteiger partial charge is 0.507 e. The number of phenols is 1. The van der Waals surface area contributed by atoms with Gasteiger partial charge in [-0.05, 0) is 24.3 Å². The van der Waals surface area contributed by atoms with Crippen LogP contribution in [0, 0.1) is 0 Å². The molecule has 3 rings (SSSR count). The zero-order valence-corrected chi connectivity index (χ0v) is 18.1. The smallest absolute Gasteiger partial charge is 0.216 e. The van der Waals surface area contributed by atoms with Crippen LogP contribution in [-0.4, -0.2) is 23.0 Å². The van der Waals surface area contributed by atoms with E-state index >= 15 is 0 Å². The molecule has 1 atom stereocenters. The SMILES string of the molecule is CC.CP(=O)(O)CNc1cc(Cl)c(Oc2ccc(O)c3ccccc23)c(Cl)c1. The fraction of sp³-hybridized carbons (Fsp3) is 0.200. The highest BCUT2D eigenvalue weighted by Crippen LogP contribution is 2.42. The minimum Gasteiger partial charge on any atom is -0.507 e. The van der Waals surface area contributed by atoms with Crippen molar-refractivity contribution in [3.63, 3.8) is 0 Å². The third-order valence-corrected chi connectivity index (χ3v) is 4.95. The molecule has 0 aliphatic heterocycles. The van der Waals surface area contributed by atoms with Crippen LogP contribution in [0.4, 0.5) is 5.69 Å².